The number of ether oxygens (including phenoxy) is 1. The maximum Gasteiger partial charge on any atom is 0.305 e. The van der Waals surface area contributed by atoms with Crippen molar-refractivity contribution < 1.29 is 19.4 Å². The van der Waals surface area contributed by atoms with Crippen molar-refractivity contribution in [1.29, 1.82) is 0 Å². The van der Waals surface area contributed by atoms with E-state index in [1.807, 2.05) is 0 Å². The van der Waals surface area contributed by atoms with Gasteiger partial charge in [0.15, 0.2) is 0 Å². The van der Waals surface area contributed by atoms with Gasteiger partial charge in [-0.05, 0) is 32.1 Å². The molecule has 0 aromatic rings. The van der Waals surface area contributed by atoms with E-state index in [0.717, 1.165) is 32.1 Å². The second-order valence-corrected chi connectivity index (χ2v) is 5.42. The minimum atomic E-state index is -0.818. The lowest BCUT2D eigenvalue weighted by molar-refractivity contribution is -0.142. The van der Waals surface area contributed by atoms with Crippen LogP contribution in [0.2, 0.25) is 0 Å². The molecule has 0 aromatic heterocycles. The lowest BCUT2D eigenvalue weighted by Crippen LogP contribution is -2.41. The highest BCUT2D eigenvalue weighted by Gasteiger charge is 2.52. The summed E-state index contributed by atoms with van der Waals surface area (Å²) >= 11 is 0. The van der Waals surface area contributed by atoms with E-state index in [1.54, 1.807) is 12.0 Å². The molecule has 0 bridgehead atoms. The van der Waals surface area contributed by atoms with Gasteiger partial charge in [0.25, 0.3) is 0 Å². The SMILES string of the molecule is COCCC1(C(=O)N2CCCC2CC(=O)O)CC1. The number of carbonyl (C=O) groups is 2. The van der Waals surface area contributed by atoms with E-state index in [1.165, 1.54) is 0 Å². The number of amides is 1. The van der Waals surface area contributed by atoms with Crippen molar-refractivity contribution in [3.8, 4) is 0 Å². The molecule has 1 aliphatic heterocycles. The van der Waals surface area contributed by atoms with Crippen LogP contribution in [0.15, 0.2) is 0 Å². The minimum absolute atomic E-state index is 0.0755. The summed E-state index contributed by atoms with van der Waals surface area (Å²) in [6.07, 6.45) is 4.42. The summed E-state index contributed by atoms with van der Waals surface area (Å²) in [6.45, 7) is 1.31. The minimum Gasteiger partial charge on any atom is -0.481 e. The number of carboxylic acid groups (broad SMARTS) is 1. The second kappa shape index (κ2) is 5.26. The van der Waals surface area contributed by atoms with E-state index in [0.29, 0.717) is 13.2 Å². The molecule has 1 N–H and O–H groups in total. The highest BCUT2D eigenvalue weighted by molar-refractivity contribution is 5.86. The number of rotatable bonds is 6. The number of hydrogen-bond acceptors (Lipinski definition) is 3. The van der Waals surface area contributed by atoms with Crippen LogP contribution in [0.4, 0.5) is 0 Å². The number of methoxy groups -OCH3 is 1. The van der Waals surface area contributed by atoms with Crippen LogP contribution >= 0.6 is 0 Å². The summed E-state index contributed by atoms with van der Waals surface area (Å²) in [6, 6.07) is -0.102. The lowest BCUT2D eigenvalue weighted by Gasteiger charge is -2.28. The highest BCUT2D eigenvalue weighted by atomic mass is 16.5. The third-order valence-electron chi connectivity index (χ3n) is 4.14. The number of aliphatic carboxylic acids is 1. The van der Waals surface area contributed by atoms with E-state index in [4.69, 9.17) is 9.84 Å². The molecule has 5 nitrogen and oxygen atoms in total. The summed E-state index contributed by atoms with van der Waals surface area (Å²) in [5.74, 6) is -0.662. The van der Waals surface area contributed by atoms with Crippen molar-refractivity contribution in [2.45, 2.75) is 44.6 Å². The average molecular weight is 255 g/mol. The van der Waals surface area contributed by atoms with Crippen LogP contribution in [0.5, 0.6) is 0 Å². The molecule has 1 aliphatic carbocycles. The van der Waals surface area contributed by atoms with Gasteiger partial charge in [-0.3, -0.25) is 9.59 Å². The first-order valence-corrected chi connectivity index (χ1v) is 6.61. The Hall–Kier alpha value is -1.10. The predicted molar refractivity (Wildman–Crippen MR) is 65.1 cm³/mol. The van der Waals surface area contributed by atoms with Gasteiger partial charge in [-0.25, -0.2) is 0 Å². The van der Waals surface area contributed by atoms with E-state index in [9.17, 15) is 9.59 Å². The van der Waals surface area contributed by atoms with Gasteiger partial charge >= 0.3 is 5.97 Å². The zero-order valence-corrected chi connectivity index (χ0v) is 10.9. The summed E-state index contributed by atoms with van der Waals surface area (Å²) in [7, 11) is 1.64. The molecule has 1 heterocycles. The lowest BCUT2D eigenvalue weighted by atomic mass is 10.00. The Morgan fingerprint density at radius 1 is 1.44 bits per heavy atom. The molecule has 1 amide bonds. The first-order valence-electron chi connectivity index (χ1n) is 6.61. The number of carbonyl (C=O) groups excluding carboxylic acids is 1. The monoisotopic (exact) mass is 255 g/mol. The van der Waals surface area contributed by atoms with Crippen molar-refractivity contribution in [3.05, 3.63) is 0 Å². The molecule has 2 fully saturated rings. The molecule has 2 rings (SSSR count). The van der Waals surface area contributed by atoms with E-state index in [-0.39, 0.29) is 23.8 Å². The zero-order chi connectivity index (χ0) is 13.2. The molecule has 1 saturated carbocycles. The molecule has 2 aliphatic rings. The van der Waals surface area contributed by atoms with Crippen molar-refractivity contribution in [2.24, 2.45) is 5.41 Å². The standard InChI is InChI=1S/C13H21NO4/c1-18-8-6-13(4-5-13)12(17)14-7-2-3-10(14)9-11(15)16/h10H,2-9H2,1H3,(H,15,16). The molecule has 1 atom stereocenters. The fourth-order valence-electron chi connectivity index (χ4n) is 2.84. The summed E-state index contributed by atoms with van der Waals surface area (Å²) in [5.41, 5.74) is -0.239. The van der Waals surface area contributed by atoms with E-state index >= 15 is 0 Å². The van der Waals surface area contributed by atoms with Crippen molar-refractivity contribution in [1.82, 2.24) is 4.90 Å². The van der Waals surface area contributed by atoms with E-state index < -0.39 is 5.97 Å². The quantitative estimate of drug-likeness (QED) is 0.776. The van der Waals surface area contributed by atoms with Gasteiger partial charge < -0.3 is 14.7 Å². The summed E-state index contributed by atoms with van der Waals surface area (Å²) in [4.78, 5) is 25.1. The van der Waals surface area contributed by atoms with Crippen molar-refractivity contribution >= 4 is 11.9 Å². The van der Waals surface area contributed by atoms with Crippen LogP contribution in [-0.2, 0) is 14.3 Å². The Morgan fingerprint density at radius 2 is 2.17 bits per heavy atom. The number of carboxylic acids is 1. The fraction of sp³-hybridized carbons (Fsp3) is 0.846. The number of nitrogens with zero attached hydrogens (tertiary/aromatic N) is 1. The number of hydrogen-bond donors (Lipinski definition) is 1. The van der Waals surface area contributed by atoms with Gasteiger partial charge in [0.2, 0.25) is 5.91 Å². The summed E-state index contributed by atoms with van der Waals surface area (Å²) < 4.78 is 5.06. The Morgan fingerprint density at radius 3 is 2.72 bits per heavy atom. The molecule has 0 radical (unpaired) electrons. The maximum atomic E-state index is 12.5. The molecule has 5 heteroatoms. The van der Waals surface area contributed by atoms with Crippen LogP contribution in [0.3, 0.4) is 0 Å². The first-order chi connectivity index (χ1) is 8.59. The van der Waals surface area contributed by atoms with Gasteiger partial charge in [-0.15, -0.1) is 0 Å². The molecule has 0 aromatic carbocycles. The Bertz CT molecular complexity index is 338. The molecule has 1 unspecified atom stereocenters. The van der Waals surface area contributed by atoms with Crippen molar-refractivity contribution in [3.63, 3.8) is 0 Å². The highest BCUT2D eigenvalue weighted by Crippen LogP contribution is 2.51. The van der Waals surface area contributed by atoms with Gasteiger partial charge in [-0.2, -0.15) is 0 Å². The maximum absolute atomic E-state index is 12.5. The third-order valence-corrected chi connectivity index (χ3v) is 4.14. The normalized spacial score (nSPS) is 25.2. The molecule has 1 saturated heterocycles. The van der Waals surface area contributed by atoms with Crippen LogP contribution in [0, 0.1) is 5.41 Å². The average Bonchev–Trinajstić information content (AvgIpc) is 2.99. The van der Waals surface area contributed by atoms with Crippen LogP contribution in [-0.4, -0.2) is 48.2 Å². The first kappa shape index (κ1) is 13.3. The van der Waals surface area contributed by atoms with Crippen LogP contribution < -0.4 is 0 Å². The molecule has 102 valence electrons. The van der Waals surface area contributed by atoms with Gasteiger partial charge in [0.1, 0.15) is 0 Å². The van der Waals surface area contributed by atoms with Gasteiger partial charge in [0.05, 0.1) is 11.8 Å². The second-order valence-electron chi connectivity index (χ2n) is 5.42. The molecule has 18 heavy (non-hydrogen) atoms. The summed E-state index contributed by atoms with van der Waals surface area (Å²) in [5, 5.41) is 8.88. The Balaban J connectivity index is 1.97. The zero-order valence-electron chi connectivity index (χ0n) is 10.9. The fourth-order valence-corrected chi connectivity index (χ4v) is 2.84. The Kier molecular flexibility index (Phi) is 3.90. The van der Waals surface area contributed by atoms with Crippen LogP contribution in [0.25, 0.3) is 0 Å². The molecule has 0 spiro atoms. The predicted octanol–water partition coefficient (Wildman–Crippen LogP) is 1.27. The topological polar surface area (TPSA) is 66.8 Å². The Labute approximate surface area is 107 Å². The number of likely N-dealkylation sites (tertiary alicyclic amines) is 1. The molecular weight excluding hydrogens is 234 g/mol. The van der Waals surface area contributed by atoms with Gasteiger partial charge in [-0.1, -0.05) is 0 Å². The molecular formula is C13H21NO4. The van der Waals surface area contributed by atoms with Gasteiger partial charge in [0, 0.05) is 26.3 Å². The largest absolute Gasteiger partial charge is 0.481 e. The van der Waals surface area contributed by atoms with E-state index in [2.05, 4.69) is 0 Å². The van der Waals surface area contributed by atoms with Crippen LogP contribution in [0.1, 0.15) is 38.5 Å². The van der Waals surface area contributed by atoms with Crippen molar-refractivity contribution in [2.75, 3.05) is 20.3 Å². The smallest absolute Gasteiger partial charge is 0.305 e. The third kappa shape index (κ3) is 2.66.